The summed E-state index contributed by atoms with van der Waals surface area (Å²) in [5.41, 5.74) is 1.95. The molecule has 2 N–H and O–H groups in total. The summed E-state index contributed by atoms with van der Waals surface area (Å²) >= 11 is 5.74. The number of rotatable bonds is 5. The summed E-state index contributed by atoms with van der Waals surface area (Å²) in [6, 6.07) is 5.55. The van der Waals surface area contributed by atoms with Crippen molar-refractivity contribution < 1.29 is 4.52 Å². The molecule has 0 unspecified atom stereocenters. The molecule has 0 saturated heterocycles. The Morgan fingerprint density at radius 3 is 2.90 bits per heavy atom. The smallest absolute Gasteiger partial charge is 0.191 e. The second-order valence-electron chi connectivity index (χ2n) is 4.08. The Hall–Kier alpha value is -2.08. The number of guanidine groups is 1. The van der Waals surface area contributed by atoms with Gasteiger partial charge in [-0.15, -0.1) is 0 Å². The summed E-state index contributed by atoms with van der Waals surface area (Å²) < 4.78 is 4.76. The van der Waals surface area contributed by atoms with Crippen LogP contribution < -0.4 is 10.6 Å². The van der Waals surface area contributed by atoms with E-state index in [1.54, 1.807) is 31.6 Å². The number of hydrogen-bond acceptors (Lipinski definition) is 4. The lowest BCUT2D eigenvalue weighted by Crippen LogP contribution is -2.37. The zero-order valence-electron chi connectivity index (χ0n) is 11.1. The standard InChI is InChI=1S/C13H16ClN5O/c1-15-13(18-9-11-5-7-20-19-11)16-6-4-10-2-3-12(14)17-8-10/h2-3,5,7-8H,4,6,9H2,1H3,(H2,15,16,18). The molecule has 2 aromatic heterocycles. The Morgan fingerprint density at radius 2 is 2.25 bits per heavy atom. The normalized spacial score (nSPS) is 11.4. The SMILES string of the molecule is CN=C(NCCc1ccc(Cl)nc1)NCc1ccon1. The Bertz CT molecular complexity index is 538. The third-order valence-electron chi connectivity index (χ3n) is 2.65. The fraction of sp³-hybridized carbons (Fsp3) is 0.308. The van der Waals surface area contributed by atoms with Gasteiger partial charge in [0.15, 0.2) is 5.96 Å². The molecule has 0 aromatic carbocycles. The van der Waals surface area contributed by atoms with Gasteiger partial charge in [-0.1, -0.05) is 22.8 Å². The maximum absolute atomic E-state index is 5.74. The summed E-state index contributed by atoms with van der Waals surface area (Å²) in [7, 11) is 1.72. The van der Waals surface area contributed by atoms with Crippen LogP contribution in [0.3, 0.4) is 0 Å². The van der Waals surface area contributed by atoms with Crippen LogP contribution in [0, 0.1) is 0 Å². The van der Waals surface area contributed by atoms with Crippen LogP contribution in [0.1, 0.15) is 11.3 Å². The lowest BCUT2D eigenvalue weighted by atomic mass is 10.2. The second kappa shape index (κ2) is 7.49. The minimum atomic E-state index is 0.506. The van der Waals surface area contributed by atoms with E-state index in [9.17, 15) is 0 Å². The molecule has 2 aromatic rings. The third-order valence-corrected chi connectivity index (χ3v) is 2.87. The van der Waals surface area contributed by atoms with E-state index in [0.29, 0.717) is 11.7 Å². The van der Waals surface area contributed by atoms with Gasteiger partial charge in [-0.25, -0.2) is 4.98 Å². The van der Waals surface area contributed by atoms with E-state index >= 15 is 0 Å². The maximum atomic E-state index is 5.74. The number of pyridine rings is 1. The Kier molecular flexibility index (Phi) is 5.37. The van der Waals surface area contributed by atoms with E-state index in [2.05, 4.69) is 25.8 Å². The van der Waals surface area contributed by atoms with Crippen LogP contribution in [0.5, 0.6) is 0 Å². The summed E-state index contributed by atoms with van der Waals surface area (Å²) in [5, 5.41) is 10.7. The van der Waals surface area contributed by atoms with Crippen LogP contribution in [0.2, 0.25) is 5.15 Å². The first-order valence-electron chi connectivity index (χ1n) is 6.22. The highest BCUT2D eigenvalue weighted by molar-refractivity contribution is 6.29. The highest BCUT2D eigenvalue weighted by Gasteiger charge is 2.00. The average Bonchev–Trinajstić information content (AvgIpc) is 2.98. The number of aromatic nitrogens is 2. The molecule has 0 radical (unpaired) electrons. The molecule has 0 spiro atoms. The van der Waals surface area contributed by atoms with Crippen molar-refractivity contribution >= 4 is 17.6 Å². The van der Waals surface area contributed by atoms with Gasteiger partial charge in [0.1, 0.15) is 17.1 Å². The molecule has 2 heterocycles. The van der Waals surface area contributed by atoms with E-state index in [1.807, 2.05) is 6.07 Å². The molecular weight excluding hydrogens is 278 g/mol. The number of nitrogens with zero attached hydrogens (tertiary/aromatic N) is 3. The van der Waals surface area contributed by atoms with Crippen molar-refractivity contribution in [3.05, 3.63) is 47.1 Å². The van der Waals surface area contributed by atoms with Gasteiger partial charge in [0, 0.05) is 25.9 Å². The van der Waals surface area contributed by atoms with Gasteiger partial charge in [0.05, 0.1) is 6.54 Å². The van der Waals surface area contributed by atoms with E-state index in [4.69, 9.17) is 16.1 Å². The van der Waals surface area contributed by atoms with Crippen LogP contribution >= 0.6 is 11.6 Å². The maximum Gasteiger partial charge on any atom is 0.191 e. The van der Waals surface area contributed by atoms with Crippen LogP contribution in [0.25, 0.3) is 0 Å². The van der Waals surface area contributed by atoms with Crippen molar-refractivity contribution in [1.82, 2.24) is 20.8 Å². The number of halogens is 1. The van der Waals surface area contributed by atoms with Gasteiger partial charge >= 0.3 is 0 Å². The molecule has 0 aliphatic carbocycles. The van der Waals surface area contributed by atoms with Gasteiger partial charge in [-0.05, 0) is 18.1 Å². The molecule has 0 aliphatic heterocycles. The highest BCUT2D eigenvalue weighted by Crippen LogP contribution is 2.05. The van der Waals surface area contributed by atoms with Crippen LogP contribution in [0.4, 0.5) is 0 Å². The number of aliphatic imine (C=N–C) groups is 1. The predicted molar refractivity (Wildman–Crippen MR) is 77.7 cm³/mol. The summed E-state index contributed by atoms with van der Waals surface area (Å²) in [6.07, 6.45) is 4.16. The molecular formula is C13H16ClN5O. The molecule has 6 nitrogen and oxygen atoms in total. The Labute approximate surface area is 122 Å². The lowest BCUT2D eigenvalue weighted by molar-refractivity contribution is 0.410. The van der Waals surface area contributed by atoms with Crippen molar-refractivity contribution in [2.75, 3.05) is 13.6 Å². The molecule has 7 heteroatoms. The van der Waals surface area contributed by atoms with Crippen LogP contribution in [-0.2, 0) is 13.0 Å². The third kappa shape index (κ3) is 4.55. The summed E-state index contributed by atoms with van der Waals surface area (Å²) in [4.78, 5) is 8.17. The largest absolute Gasteiger partial charge is 0.364 e. The van der Waals surface area contributed by atoms with Crippen molar-refractivity contribution in [2.45, 2.75) is 13.0 Å². The molecule has 106 valence electrons. The van der Waals surface area contributed by atoms with Crippen molar-refractivity contribution in [3.63, 3.8) is 0 Å². The van der Waals surface area contributed by atoms with Crippen molar-refractivity contribution in [3.8, 4) is 0 Å². The quantitative estimate of drug-likeness (QED) is 0.498. The van der Waals surface area contributed by atoms with Gasteiger partial charge in [-0.3, -0.25) is 4.99 Å². The number of hydrogen-bond donors (Lipinski definition) is 2. The molecule has 0 atom stereocenters. The zero-order valence-corrected chi connectivity index (χ0v) is 11.9. The fourth-order valence-electron chi connectivity index (χ4n) is 1.60. The average molecular weight is 294 g/mol. The fourth-order valence-corrected chi connectivity index (χ4v) is 1.71. The van der Waals surface area contributed by atoms with Crippen LogP contribution in [-0.4, -0.2) is 29.7 Å². The van der Waals surface area contributed by atoms with E-state index in [-0.39, 0.29) is 0 Å². The zero-order chi connectivity index (χ0) is 14.2. The van der Waals surface area contributed by atoms with Crippen molar-refractivity contribution in [1.29, 1.82) is 0 Å². The summed E-state index contributed by atoms with van der Waals surface area (Å²) in [5.74, 6) is 0.718. The van der Waals surface area contributed by atoms with E-state index < -0.39 is 0 Å². The van der Waals surface area contributed by atoms with E-state index in [1.165, 1.54) is 0 Å². The number of nitrogens with one attached hydrogen (secondary N) is 2. The first-order valence-corrected chi connectivity index (χ1v) is 6.60. The van der Waals surface area contributed by atoms with Crippen LogP contribution in [0.15, 0.2) is 40.2 Å². The molecule has 2 rings (SSSR count). The van der Waals surface area contributed by atoms with E-state index in [0.717, 1.165) is 30.2 Å². The lowest BCUT2D eigenvalue weighted by Gasteiger charge is -2.10. The topological polar surface area (TPSA) is 75.3 Å². The molecule has 0 bridgehead atoms. The molecule has 20 heavy (non-hydrogen) atoms. The molecule has 0 aliphatic rings. The van der Waals surface area contributed by atoms with Crippen molar-refractivity contribution in [2.24, 2.45) is 4.99 Å². The first kappa shape index (κ1) is 14.3. The molecule has 0 saturated carbocycles. The van der Waals surface area contributed by atoms with Gasteiger partial charge in [-0.2, -0.15) is 0 Å². The minimum absolute atomic E-state index is 0.506. The molecule has 0 fully saturated rings. The first-order chi connectivity index (χ1) is 9.78. The van der Waals surface area contributed by atoms with Gasteiger partial charge in [0.25, 0.3) is 0 Å². The van der Waals surface area contributed by atoms with Gasteiger partial charge in [0.2, 0.25) is 0 Å². The highest BCUT2D eigenvalue weighted by atomic mass is 35.5. The monoisotopic (exact) mass is 293 g/mol. The molecule has 0 amide bonds. The second-order valence-corrected chi connectivity index (χ2v) is 4.47. The Balaban J connectivity index is 1.72. The summed E-state index contributed by atoms with van der Waals surface area (Å²) in [6.45, 7) is 1.32. The minimum Gasteiger partial charge on any atom is -0.364 e. The van der Waals surface area contributed by atoms with Gasteiger partial charge < -0.3 is 15.2 Å². The Morgan fingerprint density at radius 1 is 1.35 bits per heavy atom. The predicted octanol–water partition coefficient (Wildman–Crippen LogP) is 1.63.